The van der Waals surface area contributed by atoms with E-state index >= 15 is 0 Å². The zero-order valence-corrected chi connectivity index (χ0v) is 12.4. The molecule has 1 aliphatic heterocycles. The fourth-order valence-corrected chi connectivity index (χ4v) is 3.16. The Morgan fingerprint density at radius 3 is 2.00 bits per heavy atom. The average Bonchev–Trinajstić information content (AvgIpc) is 2.81. The molecule has 1 rings (SSSR count). The fourth-order valence-electron chi connectivity index (χ4n) is 1.95. The molecule has 0 bridgehead atoms. The van der Waals surface area contributed by atoms with Gasteiger partial charge in [-0.15, -0.1) is 0 Å². The van der Waals surface area contributed by atoms with Crippen molar-refractivity contribution in [2.45, 2.75) is 52.4 Å². The molecule has 1 aliphatic rings. The van der Waals surface area contributed by atoms with Gasteiger partial charge in [0.05, 0.1) is 0 Å². The van der Waals surface area contributed by atoms with Gasteiger partial charge in [-0.25, -0.2) is 0 Å². The van der Waals surface area contributed by atoms with Crippen molar-refractivity contribution in [1.29, 1.82) is 0 Å². The lowest BCUT2D eigenvalue weighted by Gasteiger charge is -2.23. The standard InChI is InChI=1S/C12H26N2O3S/c1-3-5-11-14(12-6-4-2)18(15,16)17-13-9-7-8-10-13/h3-12H2,1-2H3. The summed E-state index contributed by atoms with van der Waals surface area (Å²) in [6, 6.07) is 0. The van der Waals surface area contributed by atoms with Gasteiger partial charge in [-0.2, -0.15) is 22.1 Å². The molecule has 1 heterocycles. The highest BCUT2D eigenvalue weighted by molar-refractivity contribution is 7.84. The second-order valence-electron chi connectivity index (χ2n) is 4.77. The molecule has 0 aliphatic carbocycles. The van der Waals surface area contributed by atoms with Crippen molar-refractivity contribution in [1.82, 2.24) is 9.37 Å². The normalized spacial score (nSPS) is 17.7. The molecule has 0 amide bonds. The van der Waals surface area contributed by atoms with Gasteiger partial charge in [0.2, 0.25) is 0 Å². The average molecular weight is 278 g/mol. The summed E-state index contributed by atoms with van der Waals surface area (Å²) in [7, 11) is -3.59. The molecule has 18 heavy (non-hydrogen) atoms. The largest absolute Gasteiger partial charge is 0.354 e. The molecule has 0 radical (unpaired) electrons. The van der Waals surface area contributed by atoms with E-state index in [0.717, 1.165) is 38.5 Å². The minimum absolute atomic E-state index is 0.562. The molecule has 1 fully saturated rings. The number of rotatable bonds is 9. The number of hydrogen-bond donors (Lipinski definition) is 0. The van der Waals surface area contributed by atoms with Crippen molar-refractivity contribution >= 4 is 10.3 Å². The lowest BCUT2D eigenvalue weighted by Crippen LogP contribution is -2.38. The van der Waals surface area contributed by atoms with Gasteiger partial charge in [0.1, 0.15) is 0 Å². The van der Waals surface area contributed by atoms with E-state index in [1.54, 1.807) is 5.06 Å². The summed E-state index contributed by atoms with van der Waals surface area (Å²) in [4.78, 5) is 0. The molecule has 108 valence electrons. The molecular weight excluding hydrogens is 252 g/mol. The van der Waals surface area contributed by atoms with Crippen LogP contribution in [0, 0.1) is 0 Å². The van der Waals surface area contributed by atoms with E-state index in [-0.39, 0.29) is 0 Å². The third kappa shape index (κ3) is 5.22. The third-order valence-corrected chi connectivity index (χ3v) is 4.50. The Bertz CT molecular complexity index is 305. The van der Waals surface area contributed by atoms with Gasteiger partial charge in [-0.05, 0) is 25.7 Å². The van der Waals surface area contributed by atoms with Gasteiger partial charge >= 0.3 is 10.3 Å². The summed E-state index contributed by atoms with van der Waals surface area (Å²) in [6.07, 6.45) is 5.77. The molecule has 0 atom stereocenters. The summed E-state index contributed by atoms with van der Waals surface area (Å²) in [5, 5.41) is 1.57. The first-order valence-electron chi connectivity index (χ1n) is 7.04. The van der Waals surface area contributed by atoms with E-state index in [1.807, 2.05) is 0 Å². The Hall–Kier alpha value is -0.170. The zero-order chi connectivity index (χ0) is 13.4. The van der Waals surface area contributed by atoms with Gasteiger partial charge in [0.15, 0.2) is 0 Å². The van der Waals surface area contributed by atoms with Crippen molar-refractivity contribution in [3.05, 3.63) is 0 Å². The number of hydroxylamine groups is 2. The minimum Gasteiger partial charge on any atom is -0.180 e. The van der Waals surface area contributed by atoms with E-state index in [0.29, 0.717) is 26.2 Å². The Morgan fingerprint density at radius 2 is 1.56 bits per heavy atom. The molecule has 0 unspecified atom stereocenters. The molecule has 0 aromatic carbocycles. The van der Waals surface area contributed by atoms with Crippen LogP contribution >= 0.6 is 0 Å². The van der Waals surface area contributed by atoms with Crippen LogP contribution in [0.5, 0.6) is 0 Å². The van der Waals surface area contributed by atoms with Gasteiger partial charge < -0.3 is 0 Å². The van der Waals surface area contributed by atoms with Crippen molar-refractivity contribution in [3.63, 3.8) is 0 Å². The van der Waals surface area contributed by atoms with Crippen molar-refractivity contribution in [2.24, 2.45) is 0 Å². The Morgan fingerprint density at radius 1 is 1.06 bits per heavy atom. The highest BCUT2D eigenvalue weighted by atomic mass is 32.2. The molecular formula is C12H26N2O3S. The van der Waals surface area contributed by atoms with Gasteiger partial charge in [0.25, 0.3) is 0 Å². The maximum atomic E-state index is 12.2. The number of unbranched alkanes of at least 4 members (excludes halogenated alkanes) is 2. The molecule has 1 saturated heterocycles. The maximum absolute atomic E-state index is 12.2. The first kappa shape index (κ1) is 15.9. The maximum Gasteiger partial charge on any atom is 0.354 e. The van der Waals surface area contributed by atoms with Crippen LogP contribution in [0.15, 0.2) is 0 Å². The second-order valence-corrected chi connectivity index (χ2v) is 6.30. The van der Waals surface area contributed by atoms with Crippen LogP contribution in [-0.2, 0) is 14.6 Å². The van der Waals surface area contributed by atoms with E-state index in [2.05, 4.69) is 13.8 Å². The van der Waals surface area contributed by atoms with E-state index in [9.17, 15) is 8.42 Å². The van der Waals surface area contributed by atoms with Crippen LogP contribution in [0.2, 0.25) is 0 Å². The monoisotopic (exact) mass is 278 g/mol. The van der Waals surface area contributed by atoms with Gasteiger partial charge in [-0.3, -0.25) is 0 Å². The second kappa shape index (κ2) is 8.09. The molecule has 0 saturated carbocycles. The molecule has 6 heteroatoms. The Balaban J connectivity index is 2.55. The Kier molecular flexibility index (Phi) is 7.14. The summed E-state index contributed by atoms with van der Waals surface area (Å²) in [6.45, 7) is 6.68. The van der Waals surface area contributed by atoms with Gasteiger partial charge in [-0.1, -0.05) is 26.7 Å². The molecule has 0 N–H and O–H groups in total. The van der Waals surface area contributed by atoms with E-state index < -0.39 is 10.3 Å². The molecule has 5 nitrogen and oxygen atoms in total. The summed E-state index contributed by atoms with van der Waals surface area (Å²) in [5.74, 6) is 0. The Labute approximate surface area is 111 Å². The first-order valence-corrected chi connectivity index (χ1v) is 8.41. The zero-order valence-electron chi connectivity index (χ0n) is 11.6. The summed E-state index contributed by atoms with van der Waals surface area (Å²) >= 11 is 0. The molecule has 0 aromatic heterocycles. The molecule has 0 spiro atoms. The van der Waals surface area contributed by atoms with Crippen molar-refractivity contribution in [2.75, 3.05) is 26.2 Å². The minimum atomic E-state index is -3.59. The number of nitrogens with zero attached hydrogens (tertiary/aromatic N) is 2. The van der Waals surface area contributed by atoms with Crippen LogP contribution in [0.1, 0.15) is 52.4 Å². The van der Waals surface area contributed by atoms with Crippen LogP contribution in [-0.4, -0.2) is 44.0 Å². The lowest BCUT2D eigenvalue weighted by molar-refractivity contribution is -0.0352. The predicted molar refractivity (Wildman–Crippen MR) is 72.2 cm³/mol. The predicted octanol–water partition coefficient (Wildman–Crippen LogP) is 2.16. The fraction of sp³-hybridized carbons (Fsp3) is 1.00. The van der Waals surface area contributed by atoms with E-state index in [1.165, 1.54) is 4.31 Å². The highest BCUT2D eigenvalue weighted by Gasteiger charge is 2.26. The van der Waals surface area contributed by atoms with Crippen molar-refractivity contribution < 1.29 is 12.7 Å². The van der Waals surface area contributed by atoms with Gasteiger partial charge in [0, 0.05) is 26.2 Å². The topological polar surface area (TPSA) is 49.9 Å². The summed E-state index contributed by atoms with van der Waals surface area (Å²) in [5.41, 5.74) is 0. The molecule has 0 aromatic rings. The smallest absolute Gasteiger partial charge is 0.180 e. The van der Waals surface area contributed by atoms with Crippen LogP contribution in [0.4, 0.5) is 0 Å². The lowest BCUT2D eigenvalue weighted by atomic mass is 10.3. The van der Waals surface area contributed by atoms with Crippen LogP contribution in [0.25, 0.3) is 0 Å². The number of hydrogen-bond acceptors (Lipinski definition) is 4. The van der Waals surface area contributed by atoms with Crippen molar-refractivity contribution in [3.8, 4) is 0 Å². The first-order chi connectivity index (χ1) is 8.60. The third-order valence-electron chi connectivity index (χ3n) is 3.10. The summed E-state index contributed by atoms with van der Waals surface area (Å²) < 4.78 is 31.0. The highest BCUT2D eigenvalue weighted by Crippen LogP contribution is 2.14. The quantitative estimate of drug-likeness (QED) is 0.648. The van der Waals surface area contributed by atoms with E-state index in [4.69, 9.17) is 4.28 Å². The van der Waals surface area contributed by atoms with Crippen LogP contribution < -0.4 is 0 Å². The van der Waals surface area contributed by atoms with Crippen LogP contribution in [0.3, 0.4) is 0 Å². The SMILES string of the molecule is CCCCN(CCCC)S(=O)(=O)ON1CCCC1.